The zero-order chi connectivity index (χ0) is 13.0. The van der Waals surface area contributed by atoms with E-state index in [1.165, 1.54) is 0 Å². The predicted octanol–water partition coefficient (Wildman–Crippen LogP) is 4.59. The van der Waals surface area contributed by atoms with Gasteiger partial charge in [0.2, 0.25) is 0 Å². The largest absolute Gasteiger partial charge is 0.380 e. The van der Waals surface area contributed by atoms with Crippen LogP contribution in [0.2, 0.25) is 5.02 Å². The first kappa shape index (κ1) is 12.9. The van der Waals surface area contributed by atoms with E-state index in [1.807, 2.05) is 30.3 Å². The van der Waals surface area contributed by atoms with Crippen LogP contribution in [0, 0.1) is 11.3 Å². The average Bonchev–Trinajstić information content (AvgIpc) is 2.39. The van der Waals surface area contributed by atoms with Crippen molar-refractivity contribution in [2.24, 2.45) is 0 Å². The van der Waals surface area contributed by atoms with Crippen LogP contribution in [0.25, 0.3) is 0 Å². The van der Waals surface area contributed by atoms with E-state index in [1.54, 1.807) is 12.1 Å². The minimum Gasteiger partial charge on any atom is -0.380 e. The molecule has 18 heavy (non-hydrogen) atoms. The molecule has 4 heteroatoms. The molecule has 0 saturated carbocycles. The minimum absolute atomic E-state index is 0.638. The van der Waals surface area contributed by atoms with Crippen LogP contribution in [-0.2, 0) is 6.54 Å². The molecule has 0 atom stereocenters. The van der Waals surface area contributed by atoms with Gasteiger partial charge >= 0.3 is 0 Å². The molecule has 0 bridgehead atoms. The fraction of sp³-hybridized carbons (Fsp3) is 0.0714. The summed E-state index contributed by atoms with van der Waals surface area (Å²) >= 11 is 9.27. The molecular formula is C14H10BrClN2. The lowest BCUT2D eigenvalue weighted by atomic mass is 10.2. The molecule has 2 aromatic rings. The molecule has 0 radical (unpaired) electrons. The summed E-state index contributed by atoms with van der Waals surface area (Å²) in [6.45, 7) is 0.710. The Morgan fingerprint density at radius 1 is 1.17 bits per heavy atom. The maximum absolute atomic E-state index is 8.78. The molecule has 0 heterocycles. The maximum atomic E-state index is 8.78. The van der Waals surface area contributed by atoms with Gasteiger partial charge in [-0.1, -0.05) is 23.7 Å². The van der Waals surface area contributed by atoms with Gasteiger partial charge in [-0.25, -0.2) is 0 Å². The van der Waals surface area contributed by atoms with Crippen molar-refractivity contribution < 1.29 is 0 Å². The zero-order valence-corrected chi connectivity index (χ0v) is 11.8. The Hall–Kier alpha value is -1.50. The molecule has 1 N–H and O–H groups in total. The summed E-state index contributed by atoms with van der Waals surface area (Å²) in [6.07, 6.45) is 0. The summed E-state index contributed by atoms with van der Waals surface area (Å²) in [5, 5.41) is 12.8. The molecule has 0 spiro atoms. The Bertz CT molecular complexity index is 588. The van der Waals surface area contributed by atoms with Gasteiger partial charge < -0.3 is 5.32 Å². The third-order valence-electron chi connectivity index (χ3n) is 2.49. The molecule has 0 saturated heterocycles. The fourth-order valence-electron chi connectivity index (χ4n) is 1.53. The number of halogens is 2. The van der Waals surface area contributed by atoms with E-state index in [9.17, 15) is 0 Å². The molecule has 0 aliphatic carbocycles. The first-order valence-corrected chi connectivity index (χ1v) is 6.54. The molecule has 2 rings (SSSR count). The highest BCUT2D eigenvalue weighted by atomic mass is 79.9. The monoisotopic (exact) mass is 320 g/mol. The van der Waals surface area contributed by atoms with Crippen LogP contribution in [0.5, 0.6) is 0 Å². The lowest BCUT2D eigenvalue weighted by Crippen LogP contribution is -1.99. The van der Waals surface area contributed by atoms with Crippen molar-refractivity contribution in [2.75, 3.05) is 5.32 Å². The van der Waals surface area contributed by atoms with Gasteiger partial charge in [-0.2, -0.15) is 5.26 Å². The molecule has 90 valence electrons. The third kappa shape index (κ3) is 3.25. The van der Waals surface area contributed by atoms with Crippen LogP contribution in [0.4, 0.5) is 5.69 Å². The lowest BCUT2D eigenvalue weighted by Gasteiger charge is -2.09. The Labute approximate surface area is 119 Å². The van der Waals surface area contributed by atoms with Crippen molar-refractivity contribution in [1.82, 2.24) is 0 Å². The van der Waals surface area contributed by atoms with Gasteiger partial charge in [0.05, 0.1) is 11.6 Å². The smallest absolute Gasteiger partial charge is 0.0992 e. The number of rotatable bonds is 3. The fourth-order valence-corrected chi connectivity index (χ4v) is 2.17. The summed E-state index contributed by atoms with van der Waals surface area (Å²) in [7, 11) is 0. The standard InChI is InChI=1S/C14H10BrClN2/c15-13-7-11(8-17)3-6-14(13)18-9-10-1-4-12(16)5-2-10/h1-7,18H,9H2. The quantitative estimate of drug-likeness (QED) is 0.897. The van der Waals surface area contributed by atoms with Gasteiger partial charge in [0, 0.05) is 21.7 Å². The summed E-state index contributed by atoms with van der Waals surface area (Å²) in [5.41, 5.74) is 2.75. The highest BCUT2D eigenvalue weighted by molar-refractivity contribution is 9.10. The van der Waals surface area contributed by atoms with Gasteiger partial charge in [-0.05, 0) is 51.8 Å². The molecule has 0 aromatic heterocycles. The van der Waals surface area contributed by atoms with Gasteiger partial charge in [-0.15, -0.1) is 0 Å². The number of nitrogens with zero attached hydrogens (tertiary/aromatic N) is 1. The maximum Gasteiger partial charge on any atom is 0.0992 e. The van der Waals surface area contributed by atoms with Crippen LogP contribution in [0.3, 0.4) is 0 Å². The van der Waals surface area contributed by atoms with Crippen molar-refractivity contribution in [3.05, 3.63) is 63.1 Å². The topological polar surface area (TPSA) is 35.8 Å². The van der Waals surface area contributed by atoms with E-state index in [-0.39, 0.29) is 0 Å². The van der Waals surface area contributed by atoms with E-state index in [0.29, 0.717) is 12.1 Å². The van der Waals surface area contributed by atoms with Crippen LogP contribution >= 0.6 is 27.5 Å². The van der Waals surface area contributed by atoms with E-state index < -0.39 is 0 Å². The first-order valence-electron chi connectivity index (χ1n) is 5.37. The van der Waals surface area contributed by atoms with Crippen LogP contribution in [0.15, 0.2) is 46.9 Å². The van der Waals surface area contributed by atoms with E-state index in [0.717, 1.165) is 20.7 Å². The second-order valence-electron chi connectivity index (χ2n) is 3.79. The van der Waals surface area contributed by atoms with Gasteiger partial charge in [0.1, 0.15) is 0 Å². The molecule has 2 nitrogen and oxygen atoms in total. The first-order chi connectivity index (χ1) is 8.69. The molecule has 2 aromatic carbocycles. The van der Waals surface area contributed by atoms with E-state index >= 15 is 0 Å². The molecule has 0 unspecified atom stereocenters. The number of hydrogen-bond acceptors (Lipinski definition) is 2. The predicted molar refractivity (Wildman–Crippen MR) is 77.6 cm³/mol. The second-order valence-corrected chi connectivity index (χ2v) is 5.08. The van der Waals surface area contributed by atoms with E-state index in [2.05, 4.69) is 27.3 Å². The zero-order valence-electron chi connectivity index (χ0n) is 9.45. The van der Waals surface area contributed by atoms with Crippen molar-refractivity contribution in [3.8, 4) is 6.07 Å². The van der Waals surface area contributed by atoms with Crippen molar-refractivity contribution >= 4 is 33.2 Å². The molecule has 0 amide bonds. The molecule has 0 aliphatic heterocycles. The van der Waals surface area contributed by atoms with Crippen molar-refractivity contribution in [1.29, 1.82) is 5.26 Å². The highest BCUT2D eigenvalue weighted by Crippen LogP contribution is 2.24. The number of nitrogens with one attached hydrogen (secondary N) is 1. The second kappa shape index (κ2) is 5.90. The number of hydrogen-bond donors (Lipinski definition) is 1. The molecule has 0 fully saturated rings. The van der Waals surface area contributed by atoms with Crippen LogP contribution < -0.4 is 5.32 Å². The van der Waals surface area contributed by atoms with E-state index in [4.69, 9.17) is 16.9 Å². The minimum atomic E-state index is 0.638. The summed E-state index contributed by atoms with van der Waals surface area (Å²) in [4.78, 5) is 0. The van der Waals surface area contributed by atoms with Gasteiger partial charge in [0.15, 0.2) is 0 Å². The Morgan fingerprint density at radius 3 is 2.50 bits per heavy atom. The number of nitriles is 1. The molecule has 0 aliphatic rings. The van der Waals surface area contributed by atoms with Gasteiger partial charge in [-0.3, -0.25) is 0 Å². The normalized spacial score (nSPS) is 9.83. The molecular weight excluding hydrogens is 312 g/mol. The Kier molecular flexibility index (Phi) is 4.24. The van der Waals surface area contributed by atoms with Gasteiger partial charge in [0.25, 0.3) is 0 Å². The Morgan fingerprint density at radius 2 is 1.89 bits per heavy atom. The number of benzene rings is 2. The lowest BCUT2D eigenvalue weighted by molar-refractivity contribution is 1.15. The summed E-state index contributed by atoms with van der Waals surface area (Å²) < 4.78 is 0.885. The third-order valence-corrected chi connectivity index (χ3v) is 3.40. The van der Waals surface area contributed by atoms with Crippen LogP contribution in [0.1, 0.15) is 11.1 Å². The number of anilines is 1. The highest BCUT2D eigenvalue weighted by Gasteiger charge is 2.01. The summed E-state index contributed by atoms with van der Waals surface area (Å²) in [5.74, 6) is 0. The summed E-state index contributed by atoms with van der Waals surface area (Å²) in [6, 6.07) is 15.3. The Balaban J connectivity index is 2.06. The SMILES string of the molecule is N#Cc1ccc(NCc2ccc(Cl)cc2)c(Br)c1. The average molecular weight is 322 g/mol. The van der Waals surface area contributed by atoms with Crippen molar-refractivity contribution in [2.45, 2.75) is 6.54 Å². The van der Waals surface area contributed by atoms with Crippen molar-refractivity contribution in [3.63, 3.8) is 0 Å². The van der Waals surface area contributed by atoms with Crippen LogP contribution in [-0.4, -0.2) is 0 Å².